The van der Waals surface area contributed by atoms with Crippen LogP contribution in [0.25, 0.3) is 0 Å². The summed E-state index contributed by atoms with van der Waals surface area (Å²) in [5.41, 5.74) is -1.35. The maximum Gasteiger partial charge on any atom is 0.269 e. The number of hydrogen-bond donors (Lipinski definition) is 0. The van der Waals surface area contributed by atoms with Crippen LogP contribution in [0.4, 0.5) is 0 Å². The second-order valence-electron chi connectivity index (χ2n) is 8.38. The molecule has 2 atom stereocenters. The molecule has 0 spiro atoms. The minimum absolute atomic E-state index is 0.117. The molecule has 0 aliphatic carbocycles. The fourth-order valence-corrected chi connectivity index (χ4v) is 4.97. The lowest BCUT2D eigenvalue weighted by molar-refractivity contribution is -0.172. The number of benzene rings is 1. The van der Waals surface area contributed by atoms with Crippen molar-refractivity contribution < 1.29 is 23.5 Å². The van der Waals surface area contributed by atoms with Gasteiger partial charge < -0.3 is 23.7 Å². The summed E-state index contributed by atoms with van der Waals surface area (Å²) in [6.45, 7) is 8.12. The van der Waals surface area contributed by atoms with Crippen LogP contribution in [-0.2, 0) is 29.1 Å². The van der Waals surface area contributed by atoms with Gasteiger partial charge >= 0.3 is 0 Å². The standard InChI is InChI=1S/C21H29N3O5Si/c1-30(2,3)29-21(17-7-5-4-6-8-17,19(25)23-9-12-27-13-10-23)20(26)24-11-14-28-16-18(24)15-22/h4-8,18H,9-14,16H2,1-3H3. The summed E-state index contributed by atoms with van der Waals surface area (Å²) in [4.78, 5) is 31.1. The lowest BCUT2D eigenvalue weighted by Gasteiger charge is -2.44. The summed E-state index contributed by atoms with van der Waals surface area (Å²) in [7, 11) is -2.40. The molecule has 2 saturated heterocycles. The first-order chi connectivity index (χ1) is 14.3. The van der Waals surface area contributed by atoms with E-state index in [1.165, 1.54) is 4.90 Å². The Morgan fingerprint density at radius 3 is 2.30 bits per heavy atom. The van der Waals surface area contributed by atoms with Gasteiger partial charge in [0.25, 0.3) is 11.8 Å². The van der Waals surface area contributed by atoms with Crippen molar-refractivity contribution in [1.82, 2.24) is 9.80 Å². The molecular formula is C21H29N3O5Si. The van der Waals surface area contributed by atoms with Gasteiger partial charge in [-0.1, -0.05) is 30.3 Å². The van der Waals surface area contributed by atoms with E-state index in [0.29, 0.717) is 38.5 Å². The van der Waals surface area contributed by atoms with Crippen LogP contribution in [0.2, 0.25) is 19.6 Å². The highest BCUT2D eigenvalue weighted by molar-refractivity contribution is 6.70. The van der Waals surface area contributed by atoms with Gasteiger partial charge in [0.1, 0.15) is 6.04 Å². The molecule has 2 aliphatic heterocycles. The third-order valence-electron chi connectivity index (χ3n) is 5.08. The average Bonchev–Trinajstić information content (AvgIpc) is 2.77. The highest BCUT2D eigenvalue weighted by Crippen LogP contribution is 2.35. The minimum Gasteiger partial charge on any atom is -0.393 e. The average molecular weight is 432 g/mol. The van der Waals surface area contributed by atoms with E-state index in [0.717, 1.165) is 0 Å². The van der Waals surface area contributed by atoms with Crippen molar-refractivity contribution in [2.75, 3.05) is 46.1 Å². The Hall–Kier alpha value is -2.25. The largest absolute Gasteiger partial charge is 0.393 e. The summed E-state index contributed by atoms with van der Waals surface area (Å²) in [6, 6.07) is 10.3. The first-order valence-electron chi connectivity index (χ1n) is 10.2. The summed E-state index contributed by atoms with van der Waals surface area (Å²) in [5, 5.41) is 9.60. The predicted molar refractivity (Wildman–Crippen MR) is 112 cm³/mol. The fraction of sp³-hybridized carbons (Fsp3) is 0.571. The van der Waals surface area contributed by atoms with E-state index < -0.39 is 31.8 Å². The van der Waals surface area contributed by atoms with Gasteiger partial charge in [-0.15, -0.1) is 0 Å². The van der Waals surface area contributed by atoms with Crippen molar-refractivity contribution >= 4 is 20.1 Å². The van der Waals surface area contributed by atoms with Crippen LogP contribution in [-0.4, -0.2) is 82.0 Å². The van der Waals surface area contributed by atoms with Crippen molar-refractivity contribution in [3.63, 3.8) is 0 Å². The normalized spacial score (nSPS) is 22.1. The second-order valence-corrected chi connectivity index (χ2v) is 12.8. The van der Waals surface area contributed by atoms with E-state index in [9.17, 15) is 14.9 Å². The number of morpholine rings is 2. The molecule has 9 heteroatoms. The monoisotopic (exact) mass is 431 g/mol. The van der Waals surface area contributed by atoms with Crippen LogP contribution in [0, 0.1) is 11.3 Å². The predicted octanol–water partition coefficient (Wildman–Crippen LogP) is 1.34. The Morgan fingerprint density at radius 2 is 1.70 bits per heavy atom. The minimum atomic E-state index is -2.40. The first kappa shape index (κ1) is 22.4. The molecule has 1 aromatic carbocycles. The van der Waals surface area contributed by atoms with E-state index in [-0.39, 0.29) is 13.2 Å². The van der Waals surface area contributed by atoms with Crippen LogP contribution < -0.4 is 0 Å². The Bertz CT molecular complexity index is 801. The van der Waals surface area contributed by atoms with E-state index in [1.54, 1.807) is 29.2 Å². The van der Waals surface area contributed by atoms with E-state index in [1.807, 2.05) is 25.7 Å². The number of nitriles is 1. The SMILES string of the molecule is C[Si](C)(C)OC(C(=O)N1CCOCC1)(C(=O)N1CCOCC1C#N)c1ccccc1. The Labute approximate surface area is 178 Å². The molecule has 30 heavy (non-hydrogen) atoms. The Balaban J connectivity index is 2.15. The quantitative estimate of drug-likeness (QED) is 0.516. The van der Waals surface area contributed by atoms with E-state index >= 15 is 0 Å². The van der Waals surface area contributed by atoms with Gasteiger partial charge in [-0.05, 0) is 19.6 Å². The summed E-state index contributed by atoms with van der Waals surface area (Å²) < 4.78 is 17.3. The first-order valence-corrected chi connectivity index (χ1v) is 13.6. The zero-order chi connectivity index (χ0) is 21.8. The molecule has 0 N–H and O–H groups in total. The van der Waals surface area contributed by atoms with Crippen LogP contribution >= 0.6 is 0 Å². The summed E-state index contributed by atoms with van der Waals surface area (Å²) in [6.07, 6.45) is 0. The molecule has 2 unspecified atom stereocenters. The molecule has 2 fully saturated rings. The van der Waals surface area contributed by atoms with Crippen LogP contribution in [0.15, 0.2) is 30.3 Å². The van der Waals surface area contributed by atoms with Gasteiger partial charge in [-0.25, -0.2) is 0 Å². The topological polar surface area (TPSA) is 92.1 Å². The van der Waals surface area contributed by atoms with E-state index in [4.69, 9.17) is 13.9 Å². The molecule has 2 aliphatic rings. The fourth-order valence-electron chi connectivity index (χ4n) is 3.76. The maximum absolute atomic E-state index is 14.1. The highest BCUT2D eigenvalue weighted by atomic mass is 28.4. The molecule has 0 saturated carbocycles. The maximum atomic E-state index is 14.1. The molecule has 8 nitrogen and oxygen atoms in total. The lowest BCUT2D eigenvalue weighted by atomic mass is 9.89. The van der Waals surface area contributed by atoms with Gasteiger partial charge in [0.05, 0.1) is 32.5 Å². The van der Waals surface area contributed by atoms with Crippen molar-refractivity contribution in [2.45, 2.75) is 31.3 Å². The number of carbonyl (C=O) groups is 2. The number of rotatable bonds is 5. The van der Waals surface area contributed by atoms with Gasteiger partial charge in [0, 0.05) is 25.2 Å². The molecule has 3 rings (SSSR count). The van der Waals surface area contributed by atoms with Crippen molar-refractivity contribution in [1.29, 1.82) is 5.26 Å². The molecular weight excluding hydrogens is 402 g/mol. The number of hydrogen-bond acceptors (Lipinski definition) is 6. The van der Waals surface area contributed by atoms with Crippen molar-refractivity contribution in [3.05, 3.63) is 35.9 Å². The van der Waals surface area contributed by atoms with E-state index in [2.05, 4.69) is 6.07 Å². The molecule has 0 aromatic heterocycles. The summed E-state index contributed by atoms with van der Waals surface area (Å²) >= 11 is 0. The number of ether oxygens (including phenoxy) is 2. The van der Waals surface area contributed by atoms with Crippen molar-refractivity contribution in [2.24, 2.45) is 0 Å². The third kappa shape index (κ3) is 4.57. The van der Waals surface area contributed by atoms with Gasteiger partial charge in [0.15, 0.2) is 8.32 Å². The molecule has 1 aromatic rings. The second kappa shape index (κ2) is 9.26. The lowest BCUT2D eigenvalue weighted by Crippen LogP contribution is -2.64. The highest BCUT2D eigenvalue weighted by Gasteiger charge is 2.56. The smallest absolute Gasteiger partial charge is 0.269 e. The zero-order valence-electron chi connectivity index (χ0n) is 17.8. The molecule has 162 valence electrons. The Morgan fingerprint density at radius 1 is 1.07 bits per heavy atom. The zero-order valence-corrected chi connectivity index (χ0v) is 18.8. The van der Waals surface area contributed by atoms with Gasteiger partial charge in [-0.3, -0.25) is 9.59 Å². The number of nitrogens with zero attached hydrogens (tertiary/aromatic N) is 3. The van der Waals surface area contributed by atoms with Gasteiger partial charge in [-0.2, -0.15) is 5.26 Å². The van der Waals surface area contributed by atoms with Crippen molar-refractivity contribution in [3.8, 4) is 6.07 Å². The Kier molecular flexibility index (Phi) is 6.93. The number of amides is 2. The molecule has 0 radical (unpaired) electrons. The number of carbonyl (C=O) groups excluding carboxylic acids is 2. The van der Waals surface area contributed by atoms with Crippen LogP contribution in [0.1, 0.15) is 5.56 Å². The summed E-state index contributed by atoms with van der Waals surface area (Å²) in [5.74, 6) is -0.893. The van der Waals surface area contributed by atoms with Crippen LogP contribution in [0.5, 0.6) is 0 Å². The van der Waals surface area contributed by atoms with Gasteiger partial charge in [0.2, 0.25) is 5.60 Å². The third-order valence-corrected chi connectivity index (χ3v) is 6.00. The molecule has 2 amide bonds. The van der Waals surface area contributed by atoms with Crippen LogP contribution in [0.3, 0.4) is 0 Å². The molecule has 0 bridgehead atoms. The molecule has 2 heterocycles.